The number of amides is 1. The van der Waals surface area contributed by atoms with Gasteiger partial charge in [0, 0.05) is 33.9 Å². The molecule has 0 fully saturated rings. The molecule has 106 valence electrons. The fourth-order valence-electron chi connectivity index (χ4n) is 1.38. The zero-order valence-electron chi connectivity index (χ0n) is 11.6. The van der Waals surface area contributed by atoms with Gasteiger partial charge in [0.05, 0.1) is 0 Å². The van der Waals surface area contributed by atoms with Crippen LogP contribution >= 0.6 is 0 Å². The molecule has 1 rings (SSSR count). The van der Waals surface area contributed by atoms with Crippen molar-refractivity contribution >= 4 is 5.91 Å². The Balaban J connectivity index is 2.96. The summed E-state index contributed by atoms with van der Waals surface area (Å²) >= 11 is 0. The molecule has 6 heteroatoms. The molecule has 0 bridgehead atoms. The Morgan fingerprint density at radius 2 is 1.63 bits per heavy atom. The summed E-state index contributed by atoms with van der Waals surface area (Å²) in [6, 6.07) is 4.96. The molecule has 0 aliphatic carbocycles. The highest BCUT2D eigenvalue weighted by Crippen LogP contribution is 2.28. The van der Waals surface area contributed by atoms with Crippen molar-refractivity contribution in [3.05, 3.63) is 23.8 Å². The molecule has 0 atom stereocenters. The van der Waals surface area contributed by atoms with E-state index in [2.05, 4.69) is 0 Å². The highest BCUT2D eigenvalue weighted by molar-refractivity contribution is 5.94. The van der Waals surface area contributed by atoms with E-state index in [4.69, 9.17) is 18.9 Å². The third-order valence-corrected chi connectivity index (χ3v) is 2.26. The Kier molecular flexibility index (Phi) is 6.11. The average molecular weight is 269 g/mol. The second-order valence-electron chi connectivity index (χ2n) is 3.96. The van der Waals surface area contributed by atoms with E-state index in [1.54, 1.807) is 32.3 Å². The summed E-state index contributed by atoms with van der Waals surface area (Å²) < 4.78 is 20.4. The summed E-state index contributed by atoms with van der Waals surface area (Å²) in [6.07, 6.45) is 0. The molecule has 0 aromatic heterocycles. The van der Waals surface area contributed by atoms with Crippen molar-refractivity contribution in [2.24, 2.45) is 0 Å². The second kappa shape index (κ2) is 7.60. The van der Waals surface area contributed by atoms with Crippen molar-refractivity contribution in [3.63, 3.8) is 0 Å². The molecule has 1 aromatic rings. The summed E-state index contributed by atoms with van der Waals surface area (Å²) in [4.78, 5) is 13.4. The molecule has 6 nitrogen and oxygen atoms in total. The maximum absolute atomic E-state index is 11.9. The van der Waals surface area contributed by atoms with Crippen LogP contribution in [0.15, 0.2) is 18.2 Å². The molecule has 19 heavy (non-hydrogen) atoms. The smallest absolute Gasteiger partial charge is 0.253 e. The summed E-state index contributed by atoms with van der Waals surface area (Å²) in [5, 5.41) is 0. The van der Waals surface area contributed by atoms with Crippen LogP contribution in [0.5, 0.6) is 11.5 Å². The summed E-state index contributed by atoms with van der Waals surface area (Å²) in [5.74, 6) is 0.821. The van der Waals surface area contributed by atoms with Crippen LogP contribution in [-0.4, -0.2) is 52.7 Å². The predicted octanol–water partition coefficient (Wildman–Crippen LogP) is 1.35. The van der Waals surface area contributed by atoms with Crippen molar-refractivity contribution in [2.45, 2.75) is 0 Å². The van der Waals surface area contributed by atoms with Crippen molar-refractivity contribution in [1.82, 2.24) is 4.90 Å². The minimum absolute atomic E-state index is 0.0724. The molecule has 0 unspecified atom stereocenters. The number of carbonyl (C=O) groups excluding carboxylic acids is 1. The van der Waals surface area contributed by atoms with Crippen LogP contribution in [0.25, 0.3) is 0 Å². The lowest BCUT2D eigenvalue weighted by Crippen LogP contribution is -2.21. The minimum Gasteiger partial charge on any atom is -0.464 e. The summed E-state index contributed by atoms with van der Waals surface area (Å²) in [7, 11) is 6.42. The molecular weight excluding hydrogens is 250 g/mol. The average Bonchev–Trinajstić information content (AvgIpc) is 2.42. The van der Waals surface area contributed by atoms with E-state index in [1.807, 2.05) is 0 Å². The number of hydrogen-bond acceptors (Lipinski definition) is 5. The van der Waals surface area contributed by atoms with Crippen LogP contribution in [0.3, 0.4) is 0 Å². The third kappa shape index (κ3) is 4.42. The number of rotatable bonds is 7. The lowest BCUT2D eigenvalue weighted by atomic mass is 10.2. The Hall–Kier alpha value is -1.79. The molecule has 0 saturated heterocycles. The molecule has 0 aliphatic rings. The van der Waals surface area contributed by atoms with Gasteiger partial charge in [0.1, 0.15) is 0 Å². The van der Waals surface area contributed by atoms with Crippen LogP contribution in [0.4, 0.5) is 0 Å². The zero-order chi connectivity index (χ0) is 14.3. The zero-order valence-corrected chi connectivity index (χ0v) is 11.6. The third-order valence-electron chi connectivity index (χ3n) is 2.26. The number of nitrogens with zero attached hydrogens (tertiary/aromatic N) is 1. The quantitative estimate of drug-likeness (QED) is 0.699. The van der Waals surface area contributed by atoms with E-state index in [-0.39, 0.29) is 19.5 Å². The van der Waals surface area contributed by atoms with E-state index in [9.17, 15) is 4.79 Å². The van der Waals surface area contributed by atoms with Gasteiger partial charge in [-0.25, -0.2) is 0 Å². The molecule has 1 aromatic carbocycles. The highest BCUT2D eigenvalue weighted by Gasteiger charge is 2.13. The first kappa shape index (κ1) is 15.3. The van der Waals surface area contributed by atoms with Gasteiger partial charge in [-0.15, -0.1) is 0 Å². The van der Waals surface area contributed by atoms with Crippen LogP contribution in [0, 0.1) is 0 Å². The number of methoxy groups -OCH3 is 2. The number of carbonyl (C=O) groups is 1. The summed E-state index contributed by atoms with van der Waals surface area (Å²) in [5.41, 5.74) is 0.515. The van der Waals surface area contributed by atoms with E-state index in [1.165, 1.54) is 19.1 Å². The van der Waals surface area contributed by atoms with Crippen LogP contribution < -0.4 is 9.47 Å². The van der Waals surface area contributed by atoms with Gasteiger partial charge in [-0.3, -0.25) is 4.79 Å². The molecule has 0 aliphatic heterocycles. The first-order valence-electron chi connectivity index (χ1n) is 5.69. The van der Waals surface area contributed by atoms with Gasteiger partial charge in [-0.1, -0.05) is 0 Å². The maximum atomic E-state index is 11.9. The predicted molar refractivity (Wildman–Crippen MR) is 69.5 cm³/mol. The Labute approximate surface area is 112 Å². The van der Waals surface area contributed by atoms with Crippen LogP contribution in [-0.2, 0) is 9.47 Å². The van der Waals surface area contributed by atoms with Crippen molar-refractivity contribution in [1.29, 1.82) is 0 Å². The van der Waals surface area contributed by atoms with Crippen molar-refractivity contribution < 1.29 is 23.7 Å². The Morgan fingerprint density at radius 1 is 1.05 bits per heavy atom. The van der Waals surface area contributed by atoms with E-state index >= 15 is 0 Å². The maximum Gasteiger partial charge on any atom is 0.253 e. The van der Waals surface area contributed by atoms with E-state index in [0.717, 1.165) is 0 Å². The van der Waals surface area contributed by atoms with Crippen molar-refractivity contribution in [2.75, 3.05) is 41.9 Å². The number of ether oxygens (including phenoxy) is 4. The largest absolute Gasteiger partial charge is 0.464 e. The number of hydrogen-bond donors (Lipinski definition) is 0. The van der Waals surface area contributed by atoms with Crippen LogP contribution in [0.1, 0.15) is 10.4 Å². The highest BCUT2D eigenvalue weighted by atomic mass is 16.7. The van der Waals surface area contributed by atoms with Crippen LogP contribution in [0.2, 0.25) is 0 Å². The molecule has 1 amide bonds. The minimum atomic E-state index is -0.111. The Bertz CT molecular complexity index is 419. The Morgan fingerprint density at radius 3 is 2.16 bits per heavy atom. The van der Waals surface area contributed by atoms with Gasteiger partial charge in [0.15, 0.2) is 25.1 Å². The molecule has 0 radical (unpaired) electrons. The molecule has 0 spiro atoms. The first-order valence-corrected chi connectivity index (χ1v) is 5.69. The monoisotopic (exact) mass is 269 g/mol. The molecule has 0 heterocycles. The van der Waals surface area contributed by atoms with E-state index in [0.29, 0.717) is 17.1 Å². The van der Waals surface area contributed by atoms with E-state index < -0.39 is 0 Å². The van der Waals surface area contributed by atoms with Gasteiger partial charge >= 0.3 is 0 Å². The topological polar surface area (TPSA) is 57.2 Å². The fourth-order valence-corrected chi connectivity index (χ4v) is 1.38. The molecule has 0 saturated carbocycles. The number of benzene rings is 1. The van der Waals surface area contributed by atoms with Gasteiger partial charge in [0.2, 0.25) is 0 Å². The standard InChI is InChI=1S/C13H19NO5/c1-14(2)13(15)10-5-6-11(18-8-16-3)12(7-10)19-9-17-4/h5-7H,8-9H2,1-4H3. The molecule has 0 N–H and O–H groups in total. The van der Waals surface area contributed by atoms with Gasteiger partial charge in [-0.2, -0.15) is 0 Å². The second-order valence-corrected chi connectivity index (χ2v) is 3.96. The van der Waals surface area contributed by atoms with Gasteiger partial charge in [0.25, 0.3) is 5.91 Å². The first-order chi connectivity index (χ1) is 9.10. The molecular formula is C13H19NO5. The van der Waals surface area contributed by atoms with Gasteiger partial charge in [-0.05, 0) is 18.2 Å². The normalized spacial score (nSPS) is 10.1. The summed E-state index contributed by atoms with van der Waals surface area (Å²) in [6.45, 7) is 0.174. The SMILES string of the molecule is COCOc1ccc(C(=O)N(C)C)cc1OCOC. The lowest BCUT2D eigenvalue weighted by molar-refractivity contribution is 0.0321. The van der Waals surface area contributed by atoms with Gasteiger partial charge < -0.3 is 23.8 Å². The van der Waals surface area contributed by atoms with Crippen molar-refractivity contribution in [3.8, 4) is 11.5 Å². The lowest BCUT2D eigenvalue weighted by Gasteiger charge is -2.15. The fraction of sp³-hybridized carbons (Fsp3) is 0.462.